The fourth-order valence-electron chi connectivity index (χ4n) is 1.19. The highest BCUT2D eigenvalue weighted by atomic mass is 32.2. The maximum atomic E-state index is 13.2. The topological polar surface area (TPSA) is 70.0 Å². The highest BCUT2D eigenvalue weighted by Gasteiger charge is 2.24. The lowest BCUT2D eigenvalue weighted by Crippen LogP contribution is -2.26. The van der Waals surface area contributed by atoms with E-state index in [1.807, 2.05) is 4.72 Å². The van der Waals surface area contributed by atoms with Gasteiger partial charge in [0.1, 0.15) is 0 Å². The quantitative estimate of drug-likeness (QED) is 0.900. The molecule has 1 rings (SSSR count). The van der Waals surface area contributed by atoms with Crippen molar-refractivity contribution < 1.29 is 17.2 Å². The van der Waals surface area contributed by atoms with Crippen molar-refractivity contribution in [1.82, 2.24) is 0 Å². The minimum atomic E-state index is -4.03. The molecule has 0 aliphatic heterocycles. The Morgan fingerprint density at radius 2 is 2.12 bits per heavy atom. The normalized spacial score (nSPS) is 12.8. The molecule has 0 saturated carbocycles. The fraction of sp³-hybridized carbons (Fsp3) is 0.300. The number of anilines is 1. The number of sulfonamides is 1. The molecule has 0 radical (unpaired) electrons. The van der Waals surface area contributed by atoms with Gasteiger partial charge in [0.15, 0.2) is 16.9 Å². The molecule has 1 N–H and O–H groups in total. The van der Waals surface area contributed by atoms with Crippen molar-refractivity contribution in [1.29, 1.82) is 5.26 Å². The Labute approximate surface area is 97.9 Å². The summed E-state index contributed by atoms with van der Waals surface area (Å²) in [5.74, 6) is -2.45. The van der Waals surface area contributed by atoms with E-state index < -0.39 is 32.6 Å². The average molecular weight is 260 g/mol. The molecular weight excluding hydrogens is 250 g/mol. The monoisotopic (exact) mass is 260 g/mol. The van der Waals surface area contributed by atoms with Crippen LogP contribution in [0, 0.1) is 23.0 Å². The summed E-state index contributed by atoms with van der Waals surface area (Å²) >= 11 is 0. The predicted molar refractivity (Wildman–Crippen MR) is 58.6 cm³/mol. The van der Waals surface area contributed by atoms with Crippen molar-refractivity contribution in [2.24, 2.45) is 0 Å². The maximum absolute atomic E-state index is 13.2. The SMILES string of the molecule is CCC(C#N)S(=O)(=O)Nc1cccc(F)c1F. The highest BCUT2D eigenvalue weighted by Crippen LogP contribution is 2.19. The Kier molecular flexibility index (Phi) is 4.02. The van der Waals surface area contributed by atoms with E-state index in [-0.39, 0.29) is 6.42 Å². The van der Waals surface area contributed by atoms with Gasteiger partial charge in [0, 0.05) is 0 Å². The van der Waals surface area contributed by atoms with E-state index in [1.54, 1.807) is 6.07 Å². The molecule has 0 saturated heterocycles. The van der Waals surface area contributed by atoms with Crippen molar-refractivity contribution >= 4 is 15.7 Å². The Morgan fingerprint density at radius 1 is 1.47 bits per heavy atom. The molecule has 0 fully saturated rings. The smallest absolute Gasteiger partial charge is 0.249 e. The summed E-state index contributed by atoms with van der Waals surface area (Å²) in [5.41, 5.74) is -0.501. The molecule has 0 aliphatic rings. The number of hydrogen-bond acceptors (Lipinski definition) is 3. The molecule has 0 heterocycles. The van der Waals surface area contributed by atoms with Gasteiger partial charge in [-0.05, 0) is 18.6 Å². The number of nitriles is 1. The van der Waals surface area contributed by atoms with Crippen LogP contribution in [0.25, 0.3) is 0 Å². The number of benzene rings is 1. The van der Waals surface area contributed by atoms with Gasteiger partial charge >= 0.3 is 0 Å². The lowest BCUT2D eigenvalue weighted by atomic mass is 10.3. The summed E-state index contributed by atoms with van der Waals surface area (Å²) < 4.78 is 51.1. The summed E-state index contributed by atoms with van der Waals surface area (Å²) in [4.78, 5) is 0. The van der Waals surface area contributed by atoms with E-state index in [4.69, 9.17) is 5.26 Å². The van der Waals surface area contributed by atoms with E-state index in [9.17, 15) is 17.2 Å². The first kappa shape index (κ1) is 13.4. The van der Waals surface area contributed by atoms with Crippen LogP contribution in [-0.2, 0) is 10.0 Å². The number of nitrogens with zero attached hydrogens (tertiary/aromatic N) is 1. The summed E-state index contributed by atoms with van der Waals surface area (Å²) in [7, 11) is -4.03. The van der Waals surface area contributed by atoms with Crippen LogP contribution in [0.4, 0.5) is 14.5 Å². The van der Waals surface area contributed by atoms with Crippen molar-refractivity contribution in [3.63, 3.8) is 0 Å². The molecule has 0 bridgehead atoms. The van der Waals surface area contributed by atoms with E-state index in [0.717, 1.165) is 12.1 Å². The third-order valence-electron chi connectivity index (χ3n) is 2.09. The largest absolute Gasteiger partial charge is 0.279 e. The van der Waals surface area contributed by atoms with Crippen molar-refractivity contribution in [2.75, 3.05) is 4.72 Å². The van der Waals surface area contributed by atoms with Gasteiger partial charge in [-0.2, -0.15) is 5.26 Å². The molecule has 4 nitrogen and oxygen atoms in total. The summed E-state index contributed by atoms with van der Waals surface area (Å²) in [6.45, 7) is 1.51. The van der Waals surface area contributed by atoms with E-state index in [2.05, 4.69) is 0 Å². The first-order valence-corrected chi connectivity index (χ1v) is 6.32. The van der Waals surface area contributed by atoms with Crippen molar-refractivity contribution in [3.05, 3.63) is 29.8 Å². The molecule has 92 valence electrons. The van der Waals surface area contributed by atoms with Gasteiger partial charge in [-0.15, -0.1) is 0 Å². The zero-order valence-corrected chi connectivity index (χ0v) is 9.76. The first-order chi connectivity index (χ1) is 7.92. The van der Waals surface area contributed by atoms with Gasteiger partial charge < -0.3 is 0 Å². The van der Waals surface area contributed by atoms with Gasteiger partial charge in [-0.3, -0.25) is 4.72 Å². The zero-order valence-electron chi connectivity index (χ0n) is 8.94. The van der Waals surface area contributed by atoms with Crippen LogP contribution in [0.5, 0.6) is 0 Å². The van der Waals surface area contributed by atoms with Crippen LogP contribution in [0.3, 0.4) is 0 Å². The van der Waals surface area contributed by atoms with Crippen LogP contribution in [0.2, 0.25) is 0 Å². The second kappa shape index (κ2) is 5.10. The van der Waals surface area contributed by atoms with Gasteiger partial charge in [0.05, 0.1) is 11.8 Å². The minimum Gasteiger partial charge on any atom is -0.279 e. The number of hydrogen-bond donors (Lipinski definition) is 1. The minimum absolute atomic E-state index is 0.0583. The van der Waals surface area contributed by atoms with Crippen LogP contribution in [0.15, 0.2) is 18.2 Å². The molecule has 0 aromatic heterocycles. The van der Waals surface area contributed by atoms with Crippen LogP contribution in [0.1, 0.15) is 13.3 Å². The number of halogens is 2. The van der Waals surface area contributed by atoms with Crippen LogP contribution >= 0.6 is 0 Å². The molecule has 0 spiro atoms. The second-order valence-electron chi connectivity index (χ2n) is 3.27. The number of rotatable bonds is 4. The van der Waals surface area contributed by atoms with E-state index in [0.29, 0.717) is 0 Å². The summed E-state index contributed by atoms with van der Waals surface area (Å²) in [5, 5.41) is 7.33. The second-order valence-corrected chi connectivity index (χ2v) is 5.14. The highest BCUT2D eigenvalue weighted by molar-refractivity contribution is 7.93. The molecule has 0 aliphatic carbocycles. The van der Waals surface area contributed by atoms with E-state index in [1.165, 1.54) is 13.0 Å². The molecule has 1 atom stereocenters. The van der Waals surface area contributed by atoms with Gasteiger partial charge in [-0.25, -0.2) is 17.2 Å². The molecule has 7 heteroatoms. The lowest BCUT2D eigenvalue weighted by Gasteiger charge is -2.11. The Balaban J connectivity index is 3.07. The number of nitrogens with one attached hydrogen (secondary N) is 1. The third-order valence-corrected chi connectivity index (χ3v) is 3.79. The molecular formula is C10H10F2N2O2S. The van der Waals surface area contributed by atoms with Gasteiger partial charge in [-0.1, -0.05) is 13.0 Å². The Bertz CT molecular complexity index is 552. The lowest BCUT2D eigenvalue weighted by molar-refractivity contribution is 0.511. The van der Waals surface area contributed by atoms with Crippen molar-refractivity contribution in [2.45, 2.75) is 18.6 Å². The molecule has 1 aromatic carbocycles. The zero-order chi connectivity index (χ0) is 13.1. The standard InChI is InChI=1S/C10H10F2N2O2S/c1-2-7(6-13)17(15,16)14-9-5-3-4-8(11)10(9)12/h3-5,7,14H,2H2,1H3. The summed E-state index contributed by atoms with van der Waals surface area (Å²) in [6, 6.07) is 4.70. The average Bonchev–Trinajstić information content (AvgIpc) is 2.26. The Morgan fingerprint density at radius 3 is 2.65 bits per heavy atom. The summed E-state index contributed by atoms with van der Waals surface area (Å²) in [6.07, 6.45) is 0.0583. The van der Waals surface area contributed by atoms with Gasteiger partial charge in [0.2, 0.25) is 10.0 Å². The molecule has 1 unspecified atom stereocenters. The Hall–Kier alpha value is -1.68. The van der Waals surface area contributed by atoms with Crippen LogP contribution < -0.4 is 4.72 Å². The fourth-order valence-corrected chi connectivity index (χ4v) is 2.37. The van der Waals surface area contributed by atoms with Crippen molar-refractivity contribution in [3.8, 4) is 6.07 Å². The third kappa shape index (κ3) is 2.91. The molecule has 0 amide bonds. The van der Waals surface area contributed by atoms with E-state index >= 15 is 0 Å². The van der Waals surface area contributed by atoms with Crippen LogP contribution in [-0.4, -0.2) is 13.7 Å². The molecule has 17 heavy (non-hydrogen) atoms. The van der Waals surface area contributed by atoms with Gasteiger partial charge in [0.25, 0.3) is 0 Å². The maximum Gasteiger partial charge on any atom is 0.249 e. The molecule has 1 aromatic rings. The first-order valence-electron chi connectivity index (χ1n) is 4.77. The predicted octanol–water partition coefficient (Wildman–Crippen LogP) is 2.01.